The van der Waals surface area contributed by atoms with Crippen molar-refractivity contribution in [3.05, 3.63) is 59.7 Å². The lowest BCUT2D eigenvalue weighted by molar-refractivity contribution is -0.147. The van der Waals surface area contributed by atoms with Crippen molar-refractivity contribution in [2.24, 2.45) is 5.92 Å². The van der Waals surface area contributed by atoms with E-state index in [9.17, 15) is 9.59 Å². The minimum atomic E-state index is -0.567. The second-order valence-corrected chi connectivity index (χ2v) is 7.52. The number of carbonyl (C=O) groups is 2. The average Bonchev–Trinajstić information content (AvgIpc) is 3.06. The lowest BCUT2D eigenvalue weighted by Crippen LogP contribution is -2.48. The fraction of sp³-hybridized carbons (Fsp3) is 0.391. The molecule has 27 heavy (non-hydrogen) atoms. The van der Waals surface area contributed by atoms with Crippen molar-refractivity contribution in [3.63, 3.8) is 0 Å². The lowest BCUT2D eigenvalue weighted by Gasteiger charge is -2.30. The molecule has 0 aliphatic heterocycles. The van der Waals surface area contributed by atoms with Crippen molar-refractivity contribution in [2.45, 2.75) is 44.1 Å². The van der Waals surface area contributed by atoms with E-state index in [4.69, 9.17) is 4.74 Å². The van der Waals surface area contributed by atoms with Gasteiger partial charge in [0, 0.05) is 0 Å². The van der Waals surface area contributed by atoms with Crippen LogP contribution in [-0.2, 0) is 14.3 Å². The van der Waals surface area contributed by atoms with E-state index < -0.39 is 6.04 Å². The zero-order chi connectivity index (χ0) is 18.8. The maximum atomic E-state index is 13.3. The molecule has 4 heteroatoms. The van der Waals surface area contributed by atoms with Crippen LogP contribution in [-0.4, -0.2) is 25.0 Å². The summed E-state index contributed by atoms with van der Waals surface area (Å²) in [5, 5.41) is 3.05. The molecule has 0 spiro atoms. The van der Waals surface area contributed by atoms with E-state index in [2.05, 4.69) is 17.4 Å². The van der Waals surface area contributed by atoms with Crippen molar-refractivity contribution < 1.29 is 14.3 Å². The van der Waals surface area contributed by atoms with Crippen LogP contribution in [0.15, 0.2) is 48.5 Å². The standard InChI is InChI=1S/C23H25NO3/c1-27-23(26)21(15-9-3-2-4-10-15)24-22(25)20-18-13-7-5-11-16(18)17-12-6-8-14-19(17)20/h5-8,11-15,20-21H,2-4,9-10H2,1H3,(H,24,25)/t21-/m1/s1. The number of fused-ring (bicyclic) bond motifs is 3. The average molecular weight is 363 g/mol. The topological polar surface area (TPSA) is 55.4 Å². The van der Waals surface area contributed by atoms with Crippen molar-refractivity contribution in [1.29, 1.82) is 0 Å². The molecule has 1 amide bonds. The van der Waals surface area contributed by atoms with Gasteiger partial charge in [0.2, 0.25) is 5.91 Å². The highest BCUT2D eigenvalue weighted by Gasteiger charge is 2.38. The van der Waals surface area contributed by atoms with E-state index in [0.29, 0.717) is 0 Å². The molecule has 1 atom stereocenters. The number of methoxy groups -OCH3 is 1. The molecule has 4 nitrogen and oxygen atoms in total. The fourth-order valence-electron chi connectivity index (χ4n) is 4.64. The summed E-state index contributed by atoms with van der Waals surface area (Å²) in [4.78, 5) is 25.7. The van der Waals surface area contributed by atoms with E-state index in [1.54, 1.807) is 0 Å². The molecule has 1 N–H and O–H groups in total. The van der Waals surface area contributed by atoms with Gasteiger partial charge < -0.3 is 10.1 Å². The van der Waals surface area contributed by atoms with Crippen LogP contribution in [0.2, 0.25) is 0 Å². The van der Waals surface area contributed by atoms with Gasteiger partial charge in [-0.3, -0.25) is 4.79 Å². The van der Waals surface area contributed by atoms with Gasteiger partial charge in [-0.05, 0) is 41.0 Å². The number of hydrogen-bond acceptors (Lipinski definition) is 3. The first-order valence-electron chi connectivity index (χ1n) is 9.77. The second kappa shape index (κ2) is 7.55. The van der Waals surface area contributed by atoms with Crippen LogP contribution >= 0.6 is 0 Å². The summed E-state index contributed by atoms with van der Waals surface area (Å²) in [6.07, 6.45) is 5.31. The minimum Gasteiger partial charge on any atom is -0.467 e. The van der Waals surface area contributed by atoms with Crippen LogP contribution in [0.5, 0.6) is 0 Å². The van der Waals surface area contributed by atoms with Crippen molar-refractivity contribution >= 4 is 11.9 Å². The van der Waals surface area contributed by atoms with Crippen LogP contribution in [0.3, 0.4) is 0 Å². The molecule has 1 saturated carbocycles. The summed E-state index contributed by atoms with van der Waals surface area (Å²) < 4.78 is 5.01. The summed E-state index contributed by atoms with van der Waals surface area (Å²) in [6, 6.07) is 15.5. The highest BCUT2D eigenvalue weighted by atomic mass is 16.5. The molecule has 2 aromatic carbocycles. The molecule has 2 aliphatic carbocycles. The third-order valence-corrected chi connectivity index (χ3v) is 5.97. The van der Waals surface area contributed by atoms with Gasteiger partial charge in [-0.15, -0.1) is 0 Å². The van der Waals surface area contributed by atoms with E-state index >= 15 is 0 Å². The Balaban J connectivity index is 1.64. The third kappa shape index (κ3) is 3.25. The molecule has 0 bridgehead atoms. The molecular weight excluding hydrogens is 338 g/mol. The summed E-state index contributed by atoms with van der Waals surface area (Å²) in [6.45, 7) is 0. The number of nitrogens with one attached hydrogen (secondary N) is 1. The SMILES string of the molecule is COC(=O)[C@H](NC(=O)C1c2ccccc2-c2ccccc21)C1CCCCC1. The second-order valence-electron chi connectivity index (χ2n) is 7.52. The Morgan fingerprint density at radius 3 is 2.04 bits per heavy atom. The Hall–Kier alpha value is -2.62. The smallest absolute Gasteiger partial charge is 0.328 e. The molecular formula is C23H25NO3. The molecule has 0 unspecified atom stereocenters. The number of carbonyl (C=O) groups excluding carboxylic acids is 2. The molecule has 1 fully saturated rings. The maximum absolute atomic E-state index is 13.3. The third-order valence-electron chi connectivity index (χ3n) is 5.97. The van der Waals surface area contributed by atoms with Crippen molar-refractivity contribution in [3.8, 4) is 11.1 Å². The Labute approximate surface area is 159 Å². The molecule has 0 saturated heterocycles. The number of benzene rings is 2. The molecule has 2 aliphatic rings. The van der Waals surface area contributed by atoms with Gasteiger partial charge in [-0.25, -0.2) is 4.79 Å². The van der Waals surface area contributed by atoms with Gasteiger partial charge in [0.05, 0.1) is 13.0 Å². The number of ether oxygens (including phenoxy) is 1. The van der Waals surface area contributed by atoms with E-state index in [-0.39, 0.29) is 23.7 Å². The predicted molar refractivity (Wildman–Crippen MR) is 104 cm³/mol. The molecule has 0 aromatic heterocycles. The first-order valence-corrected chi connectivity index (χ1v) is 9.77. The fourth-order valence-corrected chi connectivity index (χ4v) is 4.64. The quantitative estimate of drug-likeness (QED) is 0.834. The molecule has 0 radical (unpaired) electrons. The van der Waals surface area contributed by atoms with Crippen LogP contribution in [0.1, 0.15) is 49.1 Å². The van der Waals surface area contributed by atoms with Gasteiger partial charge in [0.1, 0.15) is 6.04 Å². The van der Waals surface area contributed by atoms with Gasteiger partial charge in [0.25, 0.3) is 0 Å². The number of esters is 1. The number of rotatable bonds is 4. The molecule has 4 rings (SSSR count). The van der Waals surface area contributed by atoms with Gasteiger partial charge in [-0.1, -0.05) is 67.8 Å². The monoisotopic (exact) mass is 363 g/mol. The zero-order valence-corrected chi connectivity index (χ0v) is 15.6. The van der Waals surface area contributed by atoms with Crippen molar-refractivity contribution in [2.75, 3.05) is 7.11 Å². The van der Waals surface area contributed by atoms with Gasteiger partial charge in [-0.2, -0.15) is 0 Å². The molecule has 2 aromatic rings. The zero-order valence-electron chi connectivity index (χ0n) is 15.6. The largest absolute Gasteiger partial charge is 0.467 e. The lowest BCUT2D eigenvalue weighted by atomic mass is 9.83. The Bertz CT molecular complexity index is 809. The van der Waals surface area contributed by atoms with E-state index in [1.165, 1.54) is 13.5 Å². The summed E-state index contributed by atoms with van der Waals surface area (Å²) in [7, 11) is 1.39. The van der Waals surface area contributed by atoms with Gasteiger partial charge >= 0.3 is 5.97 Å². The van der Waals surface area contributed by atoms with Crippen molar-refractivity contribution in [1.82, 2.24) is 5.32 Å². The van der Waals surface area contributed by atoms with Crippen LogP contribution in [0.25, 0.3) is 11.1 Å². The number of hydrogen-bond donors (Lipinski definition) is 1. The van der Waals surface area contributed by atoms with E-state index in [1.807, 2.05) is 36.4 Å². The van der Waals surface area contributed by atoms with Gasteiger partial charge in [0.15, 0.2) is 0 Å². The maximum Gasteiger partial charge on any atom is 0.328 e. The summed E-state index contributed by atoms with van der Waals surface area (Å²) in [5.41, 5.74) is 4.20. The highest BCUT2D eigenvalue weighted by molar-refractivity contribution is 5.97. The minimum absolute atomic E-state index is 0.117. The Morgan fingerprint density at radius 1 is 0.926 bits per heavy atom. The number of amides is 1. The van der Waals surface area contributed by atoms with Crippen LogP contribution in [0.4, 0.5) is 0 Å². The summed E-state index contributed by atoms with van der Waals surface area (Å²) in [5.74, 6) is -0.682. The highest BCUT2D eigenvalue weighted by Crippen LogP contribution is 2.44. The first-order chi connectivity index (χ1) is 13.2. The normalized spacial score (nSPS) is 17.7. The van der Waals surface area contributed by atoms with Crippen LogP contribution < -0.4 is 5.32 Å². The van der Waals surface area contributed by atoms with Crippen LogP contribution in [0, 0.1) is 5.92 Å². The Morgan fingerprint density at radius 2 is 1.48 bits per heavy atom. The first kappa shape index (κ1) is 17.8. The Kier molecular flexibility index (Phi) is 4.97. The molecule has 140 valence electrons. The summed E-state index contributed by atoms with van der Waals surface area (Å²) >= 11 is 0. The predicted octanol–water partition coefficient (Wildman–Crippen LogP) is 4.04. The molecule has 0 heterocycles. The van der Waals surface area contributed by atoms with E-state index in [0.717, 1.165) is 47.9 Å².